The van der Waals surface area contributed by atoms with Crippen LogP contribution in [0.4, 0.5) is 0 Å². The second-order valence-corrected chi connectivity index (χ2v) is 8.46. The molecule has 0 aromatic heterocycles. The first-order chi connectivity index (χ1) is 11.9. The van der Waals surface area contributed by atoms with E-state index in [4.69, 9.17) is 9.47 Å². The summed E-state index contributed by atoms with van der Waals surface area (Å²) in [4.78, 5) is 6.82. The fraction of sp³-hybridized carbons (Fsp3) is 0.632. The molecule has 0 radical (unpaired) electrons. The quantitative estimate of drug-likeness (QED) is 0.619. The number of hydrogen-bond donors (Lipinski definition) is 1. The summed E-state index contributed by atoms with van der Waals surface area (Å²) in [7, 11) is 5.24. The minimum atomic E-state index is 0.190. The Balaban J connectivity index is 2.05. The Morgan fingerprint density at radius 1 is 1.28 bits per heavy atom. The molecule has 0 aliphatic carbocycles. The maximum absolute atomic E-state index is 5.41. The summed E-state index contributed by atoms with van der Waals surface area (Å²) < 4.78 is 11.0. The summed E-state index contributed by atoms with van der Waals surface area (Å²) >= 11 is 1.86. The van der Waals surface area contributed by atoms with E-state index in [1.165, 1.54) is 5.56 Å². The molecule has 0 bridgehead atoms. The fourth-order valence-electron chi connectivity index (χ4n) is 2.99. The summed E-state index contributed by atoms with van der Waals surface area (Å²) in [6, 6.07) is 6.15. The van der Waals surface area contributed by atoms with Crippen LogP contribution in [0, 0.1) is 0 Å². The summed E-state index contributed by atoms with van der Waals surface area (Å²) in [6.45, 7) is 7.34. The minimum Gasteiger partial charge on any atom is -0.497 e. The molecular formula is C19H31N3O2S. The Hall–Kier alpha value is -1.56. The van der Waals surface area contributed by atoms with Crippen LogP contribution in [-0.2, 0) is 0 Å². The topological polar surface area (TPSA) is 46.1 Å². The zero-order valence-corrected chi connectivity index (χ0v) is 17.1. The van der Waals surface area contributed by atoms with Gasteiger partial charge >= 0.3 is 0 Å². The Labute approximate surface area is 156 Å². The van der Waals surface area contributed by atoms with Crippen LogP contribution in [0.1, 0.15) is 31.7 Å². The first kappa shape index (κ1) is 19.8. The van der Waals surface area contributed by atoms with Crippen molar-refractivity contribution in [3.63, 3.8) is 0 Å². The van der Waals surface area contributed by atoms with E-state index in [1.807, 2.05) is 24.9 Å². The van der Waals surface area contributed by atoms with Gasteiger partial charge in [0.25, 0.3) is 0 Å². The second kappa shape index (κ2) is 8.70. The van der Waals surface area contributed by atoms with E-state index >= 15 is 0 Å². The molecule has 1 atom stereocenters. The molecule has 1 aliphatic rings. The number of benzene rings is 1. The lowest BCUT2D eigenvalue weighted by Gasteiger charge is -2.27. The number of rotatable bonds is 6. The Morgan fingerprint density at radius 2 is 1.92 bits per heavy atom. The summed E-state index contributed by atoms with van der Waals surface area (Å²) in [5, 5.41) is 3.53. The highest BCUT2D eigenvalue weighted by Crippen LogP contribution is 2.33. The molecule has 1 aliphatic heterocycles. The number of hydrogen-bond acceptors (Lipinski definition) is 4. The summed E-state index contributed by atoms with van der Waals surface area (Å²) in [5.74, 6) is 3.13. The molecule has 6 heteroatoms. The molecule has 0 saturated carbocycles. The van der Waals surface area contributed by atoms with Crippen molar-refractivity contribution in [3.8, 4) is 11.5 Å². The number of nitrogens with zero attached hydrogens (tertiary/aromatic N) is 2. The van der Waals surface area contributed by atoms with Gasteiger partial charge in [-0.3, -0.25) is 4.99 Å². The van der Waals surface area contributed by atoms with Gasteiger partial charge in [0.05, 0.1) is 14.2 Å². The van der Waals surface area contributed by atoms with Gasteiger partial charge < -0.3 is 19.7 Å². The predicted octanol–water partition coefficient (Wildman–Crippen LogP) is 3.21. The van der Waals surface area contributed by atoms with Gasteiger partial charge in [-0.2, -0.15) is 11.8 Å². The standard InChI is InChI=1S/C19H31N3O2S/c1-19(2,25-6)13-21-18(20-3)22-8-7-14(12-22)15-9-16(23-4)11-17(10-15)24-5/h9-11,14H,7-8,12-13H2,1-6H3,(H,20,21). The van der Waals surface area contributed by atoms with Gasteiger partial charge in [-0.15, -0.1) is 0 Å². The van der Waals surface area contributed by atoms with Crippen LogP contribution in [0.2, 0.25) is 0 Å². The van der Waals surface area contributed by atoms with Gasteiger partial charge in [0.1, 0.15) is 11.5 Å². The van der Waals surface area contributed by atoms with Crippen LogP contribution >= 0.6 is 11.8 Å². The average molecular weight is 366 g/mol. The van der Waals surface area contributed by atoms with Gasteiger partial charge in [0, 0.05) is 43.4 Å². The van der Waals surface area contributed by atoms with Crippen molar-refractivity contribution in [3.05, 3.63) is 23.8 Å². The third kappa shape index (κ3) is 5.21. The van der Waals surface area contributed by atoms with Crippen LogP contribution in [0.3, 0.4) is 0 Å². The third-order valence-corrected chi connectivity index (χ3v) is 6.02. The molecule has 1 unspecified atom stereocenters. The lowest BCUT2D eigenvalue weighted by Crippen LogP contribution is -2.44. The largest absolute Gasteiger partial charge is 0.497 e. The van der Waals surface area contributed by atoms with Crippen molar-refractivity contribution in [1.82, 2.24) is 10.2 Å². The third-order valence-electron chi connectivity index (χ3n) is 4.77. The van der Waals surface area contributed by atoms with Gasteiger partial charge in [0.15, 0.2) is 5.96 Å². The molecule has 2 rings (SSSR count). The molecule has 5 nitrogen and oxygen atoms in total. The van der Waals surface area contributed by atoms with Crippen molar-refractivity contribution in [2.45, 2.75) is 30.9 Å². The van der Waals surface area contributed by atoms with Crippen molar-refractivity contribution >= 4 is 17.7 Å². The summed E-state index contributed by atoms with van der Waals surface area (Å²) in [6.07, 6.45) is 3.25. The number of methoxy groups -OCH3 is 2. The number of nitrogens with one attached hydrogen (secondary N) is 1. The molecule has 1 fully saturated rings. The van der Waals surface area contributed by atoms with Crippen molar-refractivity contribution in [2.24, 2.45) is 4.99 Å². The Bertz CT molecular complexity index is 582. The number of guanidine groups is 1. The Morgan fingerprint density at radius 3 is 2.44 bits per heavy atom. The lowest BCUT2D eigenvalue weighted by molar-refractivity contribution is 0.392. The molecule has 0 amide bonds. The average Bonchev–Trinajstić information content (AvgIpc) is 3.11. The first-order valence-electron chi connectivity index (χ1n) is 8.66. The molecule has 0 spiro atoms. The first-order valence-corrected chi connectivity index (χ1v) is 9.88. The van der Waals surface area contributed by atoms with Crippen LogP contribution in [0.25, 0.3) is 0 Å². The highest BCUT2D eigenvalue weighted by atomic mass is 32.2. The minimum absolute atomic E-state index is 0.190. The SMILES string of the molecule is CN=C(NCC(C)(C)SC)N1CCC(c2cc(OC)cc(OC)c2)C1. The van der Waals surface area contributed by atoms with Gasteiger partial charge in [-0.05, 0) is 44.2 Å². The van der Waals surface area contributed by atoms with Crippen molar-refractivity contribution in [2.75, 3.05) is 47.2 Å². The number of aliphatic imine (C=N–C) groups is 1. The number of thioether (sulfide) groups is 1. The van der Waals surface area contributed by atoms with E-state index in [9.17, 15) is 0 Å². The molecule has 1 heterocycles. The van der Waals surface area contributed by atoms with Crippen LogP contribution < -0.4 is 14.8 Å². The lowest BCUT2D eigenvalue weighted by atomic mass is 9.98. The van der Waals surface area contributed by atoms with Crippen molar-refractivity contribution < 1.29 is 9.47 Å². The maximum Gasteiger partial charge on any atom is 0.193 e. The van der Waals surface area contributed by atoms with E-state index in [1.54, 1.807) is 14.2 Å². The monoisotopic (exact) mass is 365 g/mol. The fourth-order valence-corrected chi connectivity index (χ4v) is 3.20. The molecule has 140 valence electrons. The van der Waals surface area contributed by atoms with E-state index < -0.39 is 0 Å². The van der Waals surface area contributed by atoms with Crippen LogP contribution in [-0.4, -0.2) is 62.8 Å². The molecule has 1 aromatic rings. The zero-order chi connectivity index (χ0) is 18.4. The highest BCUT2D eigenvalue weighted by molar-refractivity contribution is 7.99. The molecule has 1 aromatic carbocycles. The van der Waals surface area contributed by atoms with E-state index in [0.29, 0.717) is 5.92 Å². The van der Waals surface area contributed by atoms with Crippen molar-refractivity contribution in [1.29, 1.82) is 0 Å². The zero-order valence-electron chi connectivity index (χ0n) is 16.3. The summed E-state index contributed by atoms with van der Waals surface area (Å²) in [5.41, 5.74) is 1.26. The van der Waals surface area contributed by atoms with Crippen LogP contribution in [0.15, 0.2) is 23.2 Å². The van der Waals surface area contributed by atoms with Gasteiger partial charge in [-0.1, -0.05) is 0 Å². The molecule has 25 heavy (non-hydrogen) atoms. The highest BCUT2D eigenvalue weighted by Gasteiger charge is 2.27. The molecular weight excluding hydrogens is 334 g/mol. The van der Waals surface area contributed by atoms with E-state index in [2.05, 4.69) is 47.4 Å². The normalized spacial score (nSPS) is 18.4. The Kier molecular flexibility index (Phi) is 6.87. The van der Waals surface area contributed by atoms with Gasteiger partial charge in [-0.25, -0.2) is 0 Å². The second-order valence-electron chi connectivity index (χ2n) is 6.94. The number of ether oxygens (including phenoxy) is 2. The van der Waals surface area contributed by atoms with E-state index in [0.717, 1.165) is 43.5 Å². The molecule has 1 saturated heterocycles. The smallest absolute Gasteiger partial charge is 0.193 e. The van der Waals surface area contributed by atoms with E-state index in [-0.39, 0.29) is 4.75 Å². The predicted molar refractivity (Wildman–Crippen MR) is 107 cm³/mol. The maximum atomic E-state index is 5.41. The van der Waals surface area contributed by atoms with Gasteiger partial charge in [0.2, 0.25) is 0 Å². The number of likely N-dealkylation sites (tertiary alicyclic amines) is 1. The van der Waals surface area contributed by atoms with Crippen LogP contribution in [0.5, 0.6) is 11.5 Å². The molecule has 1 N–H and O–H groups in total.